The number of hydrogen-bond donors (Lipinski definition) is 17. The van der Waals surface area contributed by atoms with Gasteiger partial charge in [-0.25, -0.2) is 4.98 Å². The van der Waals surface area contributed by atoms with Gasteiger partial charge in [0.2, 0.25) is 82.5 Å². The van der Waals surface area contributed by atoms with Gasteiger partial charge in [-0.15, -0.1) is 0 Å². The molecule has 13 amide bonds. The van der Waals surface area contributed by atoms with Crippen LogP contribution in [0.1, 0.15) is 123 Å². The highest BCUT2D eigenvalue weighted by Gasteiger charge is 2.46. The van der Waals surface area contributed by atoms with Gasteiger partial charge in [0.1, 0.15) is 42.3 Å². The van der Waals surface area contributed by atoms with Crippen molar-refractivity contribution in [3.63, 3.8) is 0 Å². The summed E-state index contributed by atoms with van der Waals surface area (Å²) < 4.78 is 2.03. The lowest BCUT2D eigenvalue weighted by Crippen LogP contribution is -2.59. The molecule has 0 bridgehead atoms. The SMILES string of the molecule is CSCC[C@@H](N)C(=O)N[C@@H](CC(C)C)C(=O)N[C@@H](Cc1c[nH]cn1)C(=O)NCC(=O)N[C@H](C(=O)N[C@@H](C)C(=O)N[C@@H](Cc1c[nH]c2ccccc12)C(=O)N[C@@H](CCC(N)=O)C(=O)NCC(=O)N[C@@H](CO)C(=O)NCC(=O)NC(=O)CC[N+]1=C(/C=C/C=C/C=C/C=C2/N(CCC(=O)O)c3ccc4ccccc4c3C2(C)C)C(C)(C)c2c1ccc1ccccc21)C(C)C. The monoisotopic (exact) mass is 1750 g/mol. The first-order valence-electron chi connectivity index (χ1n) is 41.8. The number of carboxylic acids is 1. The number of imide groups is 1. The maximum Gasteiger partial charge on any atom is 0.305 e. The Labute approximate surface area is 734 Å². The lowest BCUT2D eigenvalue weighted by atomic mass is 9.79. The third-order valence-corrected chi connectivity index (χ3v) is 22.6. The van der Waals surface area contributed by atoms with Crippen molar-refractivity contribution in [2.24, 2.45) is 23.3 Å². The van der Waals surface area contributed by atoms with Crippen molar-refractivity contribution in [1.82, 2.24) is 73.4 Å². The number of aliphatic hydroxyl groups is 1. The van der Waals surface area contributed by atoms with Crippen molar-refractivity contribution in [3.05, 3.63) is 186 Å². The van der Waals surface area contributed by atoms with Crippen molar-refractivity contribution >= 4 is 144 Å². The molecule has 7 aromatic rings. The molecule has 0 fully saturated rings. The summed E-state index contributed by atoms with van der Waals surface area (Å²) in [6.07, 6.45) is 19.0. The zero-order chi connectivity index (χ0) is 91.7. The summed E-state index contributed by atoms with van der Waals surface area (Å²) in [7, 11) is 0. The van der Waals surface area contributed by atoms with Gasteiger partial charge in [0.25, 0.3) is 0 Å². The van der Waals surface area contributed by atoms with Crippen molar-refractivity contribution in [2.45, 2.75) is 173 Å². The van der Waals surface area contributed by atoms with Gasteiger partial charge < -0.3 is 89.7 Å². The molecule has 19 N–H and O–H groups in total. The fourth-order valence-electron chi connectivity index (χ4n) is 15.5. The van der Waals surface area contributed by atoms with Crippen LogP contribution in [0.4, 0.5) is 11.4 Å². The van der Waals surface area contributed by atoms with Gasteiger partial charge in [0.05, 0.1) is 62.6 Å². The van der Waals surface area contributed by atoms with Crippen LogP contribution < -0.4 is 74.9 Å². The number of carboxylic acid groups (broad SMARTS) is 1. The van der Waals surface area contributed by atoms with E-state index in [4.69, 9.17) is 11.5 Å². The Morgan fingerprint density at radius 3 is 1.79 bits per heavy atom. The topological polar surface area (TPSA) is 515 Å². The number of anilines is 1. The minimum atomic E-state index is -1.69. The molecule has 2 aliphatic rings. The standard InChI is InChI=1S/C91H114N18O16S/c1-52(2)42-65(104-83(119)62(92)38-41-126-10)87(123)105-67(44-58-46-94-51-99-58)85(121)97-49-77(115)107-81(53(3)4)89(125)100-54(5)82(118)103-66(43-57-45-95-63-27-21-20-24-59(57)63)88(124)102-64(32-35-73(93)111)84(120)96-47-75(113)101-68(50-110)86(122)98-48-76(114)106-74(112)36-39-108-69-33-30-55-22-16-18-25-60(55)79(69)90(6,7)71(108)28-14-12-11-13-15-29-72-91(8,9)80-61-26-19-17-23-56(61)31-34-70(80)109(72)40-37-78(116)117/h11-31,33-34,45-46,51-54,62,64-68,81,95,110H,32,35-44,47-50,92H2,1-10H3,(H14-,93,94,96,97,98,99,100,101,102,103,104,105,106,107,111,112,113,114,115,116,117,118,119,120,121,122,123,124,125)/p+1/t54-,62+,64-,65-,66-,67-,68-,81-/m0/s1. The molecular weight excluding hydrogens is 1630 g/mol. The molecular formula is C91H115N18O16S+. The lowest BCUT2D eigenvalue weighted by molar-refractivity contribution is -0.436. The molecule has 8 atom stereocenters. The molecule has 9 rings (SSSR count). The number of carbonyl (C=O) groups excluding carboxylic acids is 13. The normalized spacial score (nSPS) is 15.6. The number of nitrogens with zero attached hydrogens (tertiary/aromatic N) is 3. The fourth-order valence-corrected chi connectivity index (χ4v) is 16.0. The van der Waals surface area contributed by atoms with Gasteiger partial charge in [0.15, 0.2) is 12.3 Å². The molecule has 0 saturated heterocycles. The Morgan fingerprint density at radius 1 is 0.563 bits per heavy atom. The number of rotatable bonds is 45. The number of H-pyrrole nitrogens is 2. The van der Waals surface area contributed by atoms with Crippen LogP contribution in [0.3, 0.4) is 0 Å². The van der Waals surface area contributed by atoms with Crippen LogP contribution >= 0.6 is 11.8 Å². The number of benzene rings is 5. The first-order valence-corrected chi connectivity index (χ1v) is 43.2. The van der Waals surface area contributed by atoms with E-state index in [1.807, 2.05) is 116 Å². The third kappa shape index (κ3) is 25.8. The van der Waals surface area contributed by atoms with Crippen molar-refractivity contribution in [1.29, 1.82) is 0 Å². The Kier molecular flexibility index (Phi) is 34.5. The van der Waals surface area contributed by atoms with Gasteiger partial charge >= 0.3 is 5.97 Å². The van der Waals surface area contributed by atoms with E-state index in [-0.39, 0.29) is 44.6 Å². The van der Waals surface area contributed by atoms with E-state index in [0.717, 1.165) is 55.5 Å². The predicted molar refractivity (Wildman–Crippen MR) is 480 cm³/mol. The van der Waals surface area contributed by atoms with Crippen LogP contribution in [0, 0.1) is 11.8 Å². The van der Waals surface area contributed by atoms with E-state index in [1.165, 1.54) is 31.2 Å². The average Bonchev–Trinajstić information content (AvgIpc) is 1.57. The van der Waals surface area contributed by atoms with Gasteiger partial charge in [-0.3, -0.25) is 72.4 Å². The smallest absolute Gasteiger partial charge is 0.305 e. The highest BCUT2D eigenvalue weighted by atomic mass is 32.2. The Hall–Kier alpha value is -13.2. The number of thioether (sulfide) groups is 1. The largest absolute Gasteiger partial charge is 0.481 e. The highest BCUT2D eigenvalue weighted by molar-refractivity contribution is 7.98. The minimum absolute atomic E-state index is 0.0435. The summed E-state index contributed by atoms with van der Waals surface area (Å²) in [6.45, 7) is 13.9. The van der Waals surface area contributed by atoms with Gasteiger partial charge in [-0.05, 0) is 121 Å². The molecule has 35 heteroatoms. The molecule has 0 radical (unpaired) electrons. The molecule has 126 heavy (non-hydrogen) atoms. The number of fused-ring (bicyclic) bond motifs is 7. The van der Waals surface area contributed by atoms with Gasteiger partial charge in [-0.1, -0.05) is 145 Å². The van der Waals surface area contributed by atoms with E-state index in [2.05, 4.69) is 130 Å². The lowest BCUT2D eigenvalue weighted by Gasteiger charge is -2.26. The second-order valence-electron chi connectivity index (χ2n) is 32.9. The minimum Gasteiger partial charge on any atom is -0.481 e. The number of amides is 13. The Balaban J connectivity index is 0.780. The number of primary amides is 1. The van der Waals surface area contributed by atoms with Crippen LogP contribution in [0.2, 0.25) is 0 Å². The number of carbonyl (C=O) groups is 14. The molecule has 0 aliphatic carbocycles. The number of nitrogens with two attached hydrogens (primary N) is 2. The van der Waals surface area contributed by atoms with Crippen molar-refractivity contribution < 1.29 is 81.9 Å². The molecule has 2 aromatic heterocycles. The number of hydrogen-bond acceptors (Lipinski definition) is 19. The van der Waals surface area contributed by atoms with E-state index < -0.39 is 187 Å². The zero-order valence-corrected chi connectivity index (χ0v) is 73.2. The van der Waals surface area contributed by atoms with Gasteiger partial charge in [-0.2, -0.15) is 16.3 Å². The average molecular weight is 1750 g/mol. The highest BCUT2D eigenvalue weighted by Crippen LogP contribution is 2.51. The molecule has 670 valence electrons. The van der Waals surface area contributed by atoms with Crippen molar-refractivity contribution in [3.8, 4) is 0 Å². The quantitative estimate of drug-likeness (QED) is 0.0191. The molecule has 5 aromatic carbocycles. The number of nitrogens with one attached hydrogen (secondary N) is 13. The van der Waals surface area contributed by atoms with E-state index in [0.29, 0.717) is 40.9 Å². The maximum atomic E-state index is 14.6. The van der Waals surface area contributed by atoms with E-state index in [1.54, 1.807) is 44.3 Å². The summed E-state index contributed by atoms with van der Waals surface area (Å²) in [5.41, 5.74) is 18.0. The summed E-state index contributed by atoms with van der Waals surface area (Å²) >= 11 is 1.51. The number of aliphatic carboxylic acids is 1. The Morgan fingerprint density at radius 2 is 1.14 bits per heavy atom. The maximum absolute atomic E-state index is 14.6. The summed E-state index contributed by atoms with van der Waals surface area (Å²) in [6, 6.07) is 20.5. The molecule has 4 heterocycles. The number of para-hydroxylation sites is 1. The summed E-state index contributed by atoms with van der Waals surface area (Å²) in [4.78, 5) is 201. The fraction of sp³-hybridized carbons (Fsp3) is 0.407. The van der Waals surface area contributed by atoms with Gasteiger partial charge in [0, 0.05) is 83.6 Å². The van der Waals surface area contributed by atoms with Crippen LogP contribution in [0.15, 0.2) is 164 Å². The summed E-state index contributed by atoms with van der Waals surface area (Å²) in [5, 5.41) is 52.3. The first-order chi connectivity index (χ1) is 60.0. The number of imidazole rings is 1. The molecule has 0 spiro atoms. The number of aliphatic hydroxyl groups excluding tert-OH is 1. The molecule has 34 nitrogen and oxygen atoms in total. The van der Waals surface area contributed by atoms with E-state index in [9.17, 15) is 77.3 Å². The molecule has 0 saturated carbocycles. The van der Waals surface area contributed by atoms with Crippen LogP contribution in [0.5, 0.6) is 0 Å². The van der Waals surface area contributed by atoms with Crippen LogP contribution in [-0.4, -0.2) is 218 Å². The third-order valence-electron chi connectivity index (χ3n) is 21.9. The van der Waals surface area contributed by atoms with Crippen molar-refractivity contribution in [2.75, 3.05) is 56.2 Å². The number of aromatic amines is 2. The zero-order valence-electron chi connectivity index (χ0n) is 72.4. The molecule has 2 aliphatic heterocycles. The molecule has 0 unspecified atom stereocenters. The Bertz CT molecular complexity index is 5360. The second kappa shape index (κ2) is 45.0. The van der Waals surface area contributed by atoms with E-state index >= 15 is 0 Å². The summed E-state index contributed by atoms with van der Waals surface area (Å²) in [5.74, 6) is -12.1. The predicted octanol–water partition coefficient (Wildman–Crippen LogP) is 3.72. The van der Waals surface area contributed by atoms with Crippen LogP contribution in [-0.2, 0) is 90.8 Å². The first kappa shape index (κ1) is 96.7. The number of allylic oxidation sites excluding steroid dienone is 8. The number of aromatic nitrogens is 3. The van der Waals surface area contributed by atoms with Crippen LogP contribution in [0.25, 0.3) is 32.4 Å². The second-order valence-corrected chi connectivity index (χ2v) is 33.9.